The van der Waals surface area contributed by atoms with Crippen LogP contribution in [0.1, 0.15) is 30.1 Å². The summed E-state index contributed by atoms with van der Waals surface area (Å²) in [6, 6.07) is 6.91. The number of hydrogen-bond donors (Lipinski definition) is 2. The molecule has 2 amide bonds. The van der Waals surface area contributed by atoms with E-state index in [4.69, 9.17) is 0 Å². The smallest absolute Gasteiger partial charge is 0.251 e. The van der Waals surface area contributed by atoms with Gasteiger partial charge in [0.2, 0.25) is 5.91 Å². The van der Waals surface area contributed by atoms with E-state index >= 15 is 0 Å². The van der Waals surface area contributed by atoms with Crippen molar-refractivity contribution in [2.45, 2.75) is 19.8 Å². The zero-order valence-electron chi connectivity index (χ0n) is 12.4. The highest BCUT2D eigenvalue weighted by Gasteiger charge is 2.06. The van der Waals surface area contributed by atoms with E-state index in [2.05, 4.69) is 17.6 Å². The molecule has 1 aromatic carbocycles. The third-order valence-electron chi connectivity index (χ3n) is 2.71. The Morgan fingerprint density at radius 2 is 1.80 bits per heavy atom. The van der Waals surface area contributed by atoms with Gasteiger partial charge < -0.3 is 15.5 Å². The third-order valence-corrected chi connectivity index (χ3v) is 2.71. The van der Waals surface area contributed by atoms with Crippen LogP contribution in [-0.4, -0.2) is 43.9 Å². The van der Waals surface area contributed by atoms with E-state index in [0.717, 1.165) is 12.8 Å². The maximum absolute atomic E-state index is 11.8. The van der Waals surface area contributed by atoms with Gasteiger partial charge in [0.05, 0.1) is 6.54 Å². The first kappa shape index (κ1) is 16.2. The minimum Gasteiger partial charge on any atom is -0.352 e. The minimum atomic E-state index is -0.0791. The van der Waals surface area contributed by atoms with Crippen LogP contribution in [0, 0.1) is 0 Å². The summed E-state index contributed by atoms with van der Waals surface area (Å²) in [5, 5.41) is 5.63. The minimum absolute atomic E-state index is 0.0739. The Morgan fingerprint density at radius 1 is 1.15 bits per heavy atom. The maximum atomic E-state index is 11.8. The van der Waals surface area contributed by atoms with Crippen molar-refractivity contribution in [2.75, 3.05) is 32.5 Å². The zero-order chi connectivity index (χ0) is 15.0. The average molecular weight is 277 g/mol. The number of amides is 2. The summed E-state index contributed by atoms with van der Waals surface area (Å²) in [6.07, 6.45) is 2.03. The molecule has 0 bridgehead atoms. The fourth-order valence-corrected chi connectivity index (χ4v) is 1.67. The highest BCUT2D eigenvalue weighted by atomic mass is 16.2. The SMILES string of the molecule is CCCCNC(=O)c1ccc(NC(=O)CN(C)C)cc1. The quantitative estimate of drug-likeness (QED) is 0.746. The van der Waals surface area contributed by atoms with Crippen LogP contribution in [0.25, 0.3) is 0 Å². The Hall–Kier alpha value is -1.88. The molecular weight excluding hydrogens is 254 g/mol. The van der Waals surface area contributed by atoms with Crippen molar-refractivity contribution in [3.63, 3.8) is 0 Å². The fraction of sp³-hybridized carbons (Fsp3) is 0.467. The molecule has 20 heavy (non-hydrogen) atoms. The second kappa shape index (κ2) is 8.32. The van der Waals surface area contributed by atoms with Crippen LogP contribution in [0.2, 0.25) is 0 Å². The molecule has 0 fully saturated rings. The van der Waals surface area contributed by atoms with Gasteiger partial charge in [-0.1, -0.05) is 13.3 Å². The van der Waals surface area contributed by atoms with Gasteiger partial charge in [-0.05, 0) is 44.8 Å². The molecule has 0 spiro atoms. The zero-order valence-corrected chi connectivity index (χ0v) is 12.4. The predicted molar refractivity (Wildman–Crippen MR) is 80.9 cm³/mol. The van der Waals surface area contributed by atoms with Crippen molar-refractivity contribution in [1.82, 2.24) is 10.2 Å². The predicted octanol–water partition coefficient (Wildman–Crippen LogP) is 1.72. The molecule has 0 saturated carbocycles. The number of benzene rings is 1. The first-order valence-corrected chi connectivity index (χ1v) is 6.85. The molecular formula is C15H23N3O2. The molecule has 0 aliphatic rings. The molecule has 5 nitrogen and oxygen atoms in total. The summed E-state index contributed by atoms with van der Waals surface area (Å²) in [6.45, 7) is 3.10. The van der Waals surface area contributed by atoms with Crippen molar-refractivity contribution in [3.05, 3.63) is 29.8 Å². The molecule has 110 valence electrons. The number of nitrogens with zero attached hydrogens (tertiary/aromatic N) is 1. The summed E-state index contributed by atoms with van der Waals surface area (Å²) < 4.78 is 0. The van der Waals surface area contributed by atoms with Crippen LogP contribution in [0.15, 0.2) is 24.3 Å². The second-order valence-corrected chi connectivity index (χ2v) is 4.97. The lowest BCUT2D eigenvalue weighted by Crippen LogP contribution is -2.27. The lowest BCUT2D eigenvalue weighted by atomic mass is 10.2. The van der Waals surface area contributed by atoms with Gasteiger partial charge in [-0.2, -0.15) is 0 Å². The number of anilines is 1. The van der Waals surface area contributed by atoms with Crippen LogP contribution >= 0.6 is 0 Å². The monoisotopic (exact) mass is 277 g/mol. The van der Waals surface area contributed by atoms with Crippen molar-refractivity contribution in [3.8, 4) is 0 Å². The largest absolute Gasteiger partial charge is 0.352 e. The van der Waals surface area contributed by atoms with Crippen LogP contribution in [0.3, 0.4) is 0 Å². The molecule has 2 N–H and O–H groups in total. The van der Waals surface area contributed by atoms with E-state index in [1.54, 1.807) is 29.2 Å². The van der Waals surface area contributed by atoms with Gasteiger partial charge in [0.15, 0.2) is 0 Å². The highest BCUT2D eigenvalue weighted by Crippen LogP contribution is 2.09. The number of unbranched alkanes of at least 4 members (excludes halogenated alkanes) is 1. The molecule has 0 heterocycles. The van der Waals surface area contributed by atoms with Crippen LogP contribution < -0.4 is 10.6 Å². The van der Waals surface area contributed by atoms with Crippen LogP contribution in [0.5, 0.6) is 0 Å². The molecule has 0 saturated heterocycles. The van der Waals surface area contributed by atoms with Gasteiger partial charge in [0.25, 0.3) is 5.91 Å². The molecule has 1 rings (SSSR count). The lowest BCUT2D eigenvalue weighted by Gasteiger charge is -2.10. The summed E-state index contributed by atoms with van der Waals surface area (Å²) in [5.74, 6) is -0.153. The van der Waals surface area contributed by atoms with E-state index in [1.165, 1.54) is 0 Å². The molecule has 1 aromatic rings. The van der Waals surface area contributed by atoms with Gasteiger partial charge in [-0.25, -0.2) is 0 Å². The number of nitrogens with one attached hydrogen (secondary N) is 2. The van der Waals surface area contributed by atoms with Crippen molar-refractivity contribution in [2.24, 2.45) is 0 Å². The summed E-state index contributed by atoms with van der Waals surface area (Å²) in [4.78, 5) is 25.2. The van der Waals surface area contributed by atoms with E-state index in [9.17, 15) is 9.59 Å². The third kappa shape index (κ3) is 5.84. The Balaban J connectivity index is 2.51. The summed E-state index contributed by atoms with van der Waals surface area (Å²) >= 11 is 0. The highest BCUT2D eigenvalue weighted by molar-refractivity contribution is 5.96. The van der Waals surface area contributed by atoms with E-state index in [1.807, 2.05) is 14.1 Å². The standard InChI is InChI=1S/C15H23N3O2/c1-4-5-10-16-15(20)12-6-8-13(9-7-12)17-14(19)11-18(2)3/h6-9H,4-5,10-11H2,1-3H3,(H,16,20)(H,17,19). The van der Waals surface area contributed by atoms with Gasteiger partial charge in [-0.3, -0.25) is 9.59 Å². The molecule has 0 unspecified atom stereocenters. The van der Waals surface area contributed by atoms with Gasteiger partial charge in [0.1, 0.15) is 0 Å². The van der Waals surface area contributed by atoms with Gasteiger partial charge >= 0.3 is 0 Å². The first-order chi connectivity index (χ1) is 9.52. The molecule has 0 aliphatic heterocycles. The average Bonchev–Trinajstić information content (AvgIpc) is 2.38. The topological polar surface area (TPSA) is 61.4 Å². The van der Waals surface area contributed by atoms with Crippen molar-refractivity contribution < 1.29 is 9.59 Å². The first-order valence-electron chi connectivity index (χ1n) is 6.85. The number of carbonyl (C=O) groups excluding carboxylic acids is 2. The van der Waals surface area contributed by atoms with Gasteiger partial charge in [0, 0.05) is 17.8 Å². The van der Waals surface area contributed by atoms with Gasteiger partial charge in [-0.15, -0.1) is 0 Å². The van der Waals surface area contributed by atoms with E-state index < -0.39 is 0 Å². The summed E-state index contributed by atoms with van der Waals surface area (Å²) in [5.41, 5.74) is 1.30. The van der Waals surface area contributed by atoms with Crippen molar-refractivity contribution >= 4 is 17.5 Å². The van der Waals surface area contributed by atoms with E-state index in [0.29, 0.717) is 24.3 Å². The maximum Gasteiger partial charge on any atom is 0.251 e. The number of hydrogen-bond acceptors (Lipinski definition) is 3. The number of carbonyl (C=O) groups is 2. The molecule has 5 heteroatoms. The normalized spacial score (nSPS) is 10.4. The number of rotatable bonds is 7. The Bertz CT molecular complexity index is 441. The number of likely N-dealkylation sites (N-methyl/N-ethyl adjacent to an activating group) is 1. The lowest BCUT2D eigenvalue weighted by molar-refractivity contribution is -0.116. The van der Waals surface area contributed by atoms with Crippen LogP contribution in [0.4, 0.5) is 5.69 Å². The molecule has 0 aliphatic carbocycles. The molecule has 0 radical (unpaired) electrons. The Labute approximate surface area is 120 Å². The van der Waals surface area contributed by atoms with Crippen LogP contribution in [-0.2, 0) is 4.79 Å². The second-order valence-electron chi connectivity index (χ2n) is 4.97. The van der Waals surface area contributed by atoms with Crippen molar-refractivity contribution in [1.29, 1.82) is 0 Å². The summed E-state index contributed by atoms with van der Waals surface area (Å²) in [7, 11) is 3.67. The molecule has 0 atom stereocenters. The molecule has 0 aromatic heterocycles. The van der Waals surface area contributed by atoms with E-state index in [-0.39, 0.29) is 11.8 Å². The fourth-order valence-electron chi connectivity index (χ4n) is 1.67. The Morgan fingerprint density at radius 3 is 2.35 bits per heavy atom. The Kier molecular flexibility index (Phi) is 6.73.